The molecular weight excluding hydrogens is 281 g/mol. The first-order valence-corrected chi connectivity index (χ1v) is 8.22. The number of aliphatic hydroxyl groups excluding tert-OH is 1. The van der Waals surface area contributed by atoms with Crippen LogP contribution in [0.25, 0.3) is 0 Å². The van der Waals surface area contributed by atoms with Gasteiger partial charge in [0.05, 0.1) is 6.10 Å². The lowest BCUT2D eigenvalue weighted by atomic mass is 9.79. The Bertz CT molecular complexity index is 577. The molecule has 1 aromatic rings. The number of benzene rings is 1. The van der Waals surface area contributed by atoms with Crippen molar-refractivity contribution < 1.29 is 14.3 Å². The van der Waals surface area contributed by atoms with Crippen molar-refractivity contribution in [3.8, 4) is 0 Å². The molecule has 1 saturated carbocycles. The van der Waals surface area contributed by atoms with Crippen molar-refractivity contribution in [2.45, 2.75) is 52.2 Å². The molecule has 4 heteroatoms. The number of halogens is 1. The van der Waals surface area contributed by atoms with Crippen LogP contribution in [0.5, 0.6) is 0 Å². The maximum Gasteiger partial charge on any atom is 0.254 e. The number of nitrogens with zero attached hydrogens (tertiary/aromatic N) is 1. The van der Waals surface area contributed by atoms with Gasteiger partial charge in [0.15, 0.2) is 0 Å². The third-order valence-corrected chi connectivity index (χ3v) is 5.32. The minimum atomic E-state index is -0.232. The average Bonchev–Trinajstić information content (AvgIpc) is 2.77. The molecule has 0 aromatic heterocycles. The number of carbonyl (C=O) groups excluding carboxylic acids is 1. The van der Waals surface area contributed by atoms with Crippen molar-refractivity contribution in [1.29, 1.82) is 0 Å². The average molecular weight is 305 g/mol. The van der Waals surface area contributed by atoms with E-state index in [-0.39, 0.29) is 17.8 Å². The van der Waals surface area contributed by atoms with Crippen LogP contribution in [0, 0.1) is 24.6 Å². The Labute approximate surface area is 131 Å². The first-order chi connectivity index (χ1) is 10.5. The normalized spacial score (nSPS) is 26.2. The molecule has 1 unspecified atom stereocenters. The van der Waals surface area contributed by atoms with E-state index in [1.54, 1.807) is 13.0 Å². The predicted octanol–water partition coefficient (Wildman–Crippen LogP) is 3.28. The van der Waals surface area contributed by atoms with Crippen molar-refractivity contribution in [2.75, 3.05) is 6.54 Å². The standard InChI is InChI=1S/C18H24FNO2/c1-11-7-16-15(8-17(11)19)10-20(18(16)22)9-13-3-5-14(6-4-13)12(2)21/h7-8,12-14,21H,3-6,9-10H2,1-2H3. The number of amides is 1. The van der Waals surface area contributed by atoms with Gasteiger partial charge in [0.25, 0.3) is 5.91 Å². The second-order valence-corrected chi connectivity index (χ2v) is 6.97. The fraction of sp³-hybridized carbons (Fsp3) is 0.611. The van der Waals surface area contributed by atoms with Crippen LogP contribution in [0.3, 0.4) is 0 Å². The van der Waals surface area contributed by atoms with Gasteiger partial charge in [-0.3, -0.25) is 4.79 Å². The number of hydrogen-bond donors (Lipinski definition) is 1. The molecule has 0 bridgehead atoms. The SMILES string of the molecule is Cc1cc2c(cc1F)CN(CC1CCC(C(C)O)CC1)C2=O. The van der Waals surface area contributed by atoms with E-state index in [4.69, 9.17) is 0 Å². The molecule has 0 saturated heterocycles. The monoisotopic (exact) mass is 305 g/mol. The molecule has 22 heavy (non-hydrogen) atoms. The van der Waals surface area contributed by atoms with Gasteiger partial charge >= 0.3 is 0 Å². The van der Waals surface area contributed by atoms with Crippen molar-refractivity contribution in [1.82, 2.24) is 4.90 Å². The Hall–Kier alpha value is -1.42. The summed E-state index contributed by atoms with van der Waals surface area (Å²) in [7, 11) is 0. The van der Waals surface area contributed by atoms with Crippen LogP contribution in [-0.2, 0) is 6.54 Å². The van der Waals surface area contributed by atoms with E-state index in [9.17, 15) is 14.3 Å². The van der Waals surface area contributed by atoms with Gasteiger partial charge in [0, 0.05) is 18.7 Å². The Morgan fingerprint density at radius 1 is 1.32 bits per heavy atom. The lowest BCUT2D eigenvalue weighted by Crippen LogP contribution is -2.33. The Kier molecular flexibility index (Phi) is 4.22. The summed E-state index contributed by atoms with van der Waals surface area (Å²) in [6.07, 6.45) is 3.95. The molecule has 1 N–H and O–H groups in total. The van der Waals surface area contributed by atoms with Gasteiger partial charge in [-0.25, -0.2) is 4.39 Å². The summed E-state index contributed by atoms with van der Waals surface area (Å²) in [5, 5.41) is 9.66. The van der Waals surface area contributed by atoms with E-state index >= 15 is 0 Å². The molecule has 0 radical (unpaired) electrons. The third kappa shape index (κ3) is 2.89. The lowest BCUT2D eigenvalue weighted by Gasteiger charge is -2.32. The number of rotatable bonds is 3. The highest BCUT2D eigenvalue weighted by Gasteiger charge is 2.32. The van der Waals surface area contributed by atoms with Crippen LogP contribution < -0.4 is 0 Å². The highest BCUT2D eigenvalue weighted by molar-refractivity contribution is 5.98. The number of hydrogen-bond acceptors (Lipinski definition) is 2. The molecule has 1 aliphatic carbocycles. The van der Waals surface area contributed by atoms with Crippen molar-refractivity contribution in [3.05, 3.63) is 34.6 Å². The molecule has 1 fully saturated rings. The highest BCUT2D eigenvalue weighted by Crippen LogP contribution is 2.33. The van der Waals surface area contributed by atoms with Gasteiger partial charge in [-0.1, -0.05) is 0 Å². The van der Waals surface area contributed by atoms with Crippen LogP contribution in [0.15, 0.2) is 12.1 Å². The molecule has 0 spiro atoms. The van der Waals surface area contributed by atoms with Crippen LogP contribution in [0.1, 0.15) is 54.1 Å². The first kappa shape index (κ1) is 15.5. The van der Waals surface area contributed by atoms with Crippen molar-refractivity contribution in [3.63, 3.8) is 0 Å². The fourth-order valence-corrected chi connectivity index (χ4v) is 3.81. The summed E-state index contributed by atoms with van der Waals surface area (Å²) in [5.74, 6) is 0.709. The highest BCUT2D eigenvalue weighted by atomic mass is 19.1. The Morgan fingerprint density at radius 3 is 2.64 bits per heavy atom. The van der Waals surface area contributed by atoms with Gasteiger partial charge < -0.3 is 10.0 Å². The Morgan fingerprint density at radius 2 is 2.00 bits per heavy atom. The van der Waals surface area contributed by atoms with Crippen molar-refractivity contribution in [2.24, 2.45) is 11.8 Å². The zero-order valence-electron chi connectivity index (χ0n) is 13.3. The van der Waals surface area contributed by atoms with Crippen LogP contribution >= 0.6 is 0 Å². The van der Waals surface area contributed by atoms with E-state index < -0.39 is 0 Å². The van der Waals surface area contributed by atoms with E-state index in [2.05, 4.69) is 0 Å². The number of carbonyl (C=O) groups is 1. The maximum absolute atomic E-state index is 13.7. The quantitative estimate of drug-likeness (QED) is 0.931. The smallest absolute Gasteiger partial charge is 0.254 e. The molecule has 1 heterocycles. The minimum absolute atomic E-state index is 0.0377. The van der Waals surface area contributed by atoms with Crippen LogP contribution in [0.4, 0.5) is 4.39 Å². The van der Waals surface area contributed by atoms with E-state index in [1.165, 1.54) is 6.07 Å². The number of aliphatic hydroxyl groups is 1. The molecule has 1 atom stereocenters. The molecular formula is C18H24FNO2. The van der Waals surface area contributed by atoms with E-state index in [1.807, 2.05) is 11.8 Å². The van der Waals surface area contributed by atoms with Crippen LogP contribution in [0.2, 0.25) is 0 Å². The molecule has 1 amide bonds. The lowest BCUT2D eigenvalue weighted by molar-refractivity contribution is 0.0647. The summed E-state index contributed by atoms with van der Waals surface area (Å²) >= 11 is 0. The molecule has 120 valence electrons. The van der Waals surface area contributed by atoms with Gasteiger partial charge in [-0.15, -0.1) is 0 Å². The zero-order valence-corrected chi connectivity index (χ0v) is 13.3. The zero-order chi connectivity index (χ0) is 15.9. The number of aryl methyl sites for hydroxylation is 1. The molecule has 3 nitrogen and oxygen atoms in total. The van der Waals surface area contributed by atoms with Crippen molar-refractivity contribution >= 4 is 5.91 Å². The summed E-state index contributed by atoms with van der Waals surface area (Å²) in [4.78, 5) is 14.3. The topological polar surface area (TPSA) is 40.5 Å². The first-order valence-electron chi connectivity index (χ1n) is 8.22. The molecule has 3 rings (SSSR count). The molecule has 2 aliphatic rings. The van der Waals surface area contributed by atoms with Gasteiger partial charge in [-0.05, 0) is 74.6 Å². The van der Waals surface area contributed by atoms with E-state index in [0.717, 1.165) is 37.8 Å². The fourth-order valence-electron chi connectivity index (χ4n) is 3.81. The summed E-state index contributed by atoms with van der Waals surface area (Å²) < 4.78 is 13.7. The number of fused-ring (bicyclic) bond motifs is 1. The maximum atomic E-state index is 13.7. The largest absolute Gasteiger partial charge is 0.393 e. The summed E-state index contributed by atoms with van der Waals surface area (Å²) in [6, 6.07) is 3.18. The molecule has 1 aliphatic heterocycles. The third-order valence-electron chi connectivity index (χ3n) is 5.32. The van der Waals surface area contributed by atoms with Gasteiger partial charge in [-0.2, -0.15) is 0 Å². The van der Waals surface area contributed by atoms with Crippen LogP contribution in [-0.4, -0.2) is 28.6 Å². The van der Waals surface area contributed by atoms with Gasteiger partial charge in [0.1, 0.15) is 5.82 Å². The predicted molar refractivity (Wildman–Crippen MR) is 83.0 cm³/mol. The summed E-state index contributed by atoms with van der Waals surface area (Å²) in [6.45, 7) is 4.84. The summed E-state index contributed by atoms with van der Waals surface area (Å²) in [5.41, 5.74) is 2.01. The van der Waals surface area contributed by atoms with E-state index in [0.29, 0.717) is 29.5 Å². The Balaban J connectivity index is 1.63. The second kappa shape index (κ2) is 5.99. The second-order valence-electron chi connectivity index (χ2n) is 6.97. The minimum Gasteiger partial charge on any atom is -0.393 e. The molecule has 1 aromatic carbocycles. The van der Waals surface area contributed by atoms with Gasteiger partial charge in [0.2, 0.25) is 0 Å².